The van der Waals surface area contributed by atoms with E-state index in [0.29, 0.717) is 0 Å². The van der Waals surface area contributed by atoms with Gasteiger partial charge in [0.2, 0.25) is 0 Å². The van der Waals surface area contributed by atoms with Crippen LogP contribution >= 0.6 is 0 Å². The van der Waals surface area contributed by atoms with Crippen LogP contribution in [0.1, 0.15) is 27.0 Å². The summed E-state index contributed by atoms with van der Waals surface area (Å²) in [4.78, 5) is 12.3. The Hall–Kier alpha value is -2.93. The Bertz CT molecular complexity index is 872. The van der Waals surface area contributed by atoms with Crippen molar-refractivity contribution in [1.82, 2.24) is 0 Å². The van der Waals surface area contributed by atoms with Crippen LogP contribution in [0.3, 0.4) is 0 Å². The maximum Gasteiger partial charge on any atom is 0.185 e. The van der Waals surface area contributed by atoms with Crippen molar-refractivity contribution in [3.8, 4) is 11.1 Å². The molecule has 0 aliphatic rings. The van der Waals surface area contributed by atoms with Crippen LogP contribution in [0.15, 0.2) is 78.9 Å². The first-order chi connectivity index (χ1) is 11.6. The van der Waals surface area contributed by atoms with E-state index >= 15 is 0 Å². The third-order valence-corrected chi connectivity index (χ3v) is 4.24. The first-order valence-corrected chi connectivity index (χ1v) is 8.08. The number of rotatable bonds is 4. The molecule has 0 aliphatic heterocycles. The van der Waals surface area contributed by atoms with Gasteiger partial charge in [-0.1, -0.05) is 72.8 Å². The molecule has 3 aromatic carbocycles. The largest absolute Gasteiger partial charge is 0.289 e. The molecule has 0 saturated carbocycles. The van der Waals surface area contributed by atoms with Crippen LogP contribution in [0.25, 0.3) is 17.2 Å². The zero-order chi connectivity index (χ0) is 16.9. The lowest BCUT2D eigenvalue weighted by atomic mass is 10.0. The van der Waals surface area contributed by atoms with Crippen molar-refractivity contribution < 1.29 is 4.79 Å². The molecular formula is C23H20O. The van der Waals surface area contributed by atoms with Gasteiger partial charge in [-0.2, -0.15) is 0 Å². The Morgan fingerprint density at radius 1 is 0.750 bits per heavy atom. The summed E-state index contributed by atoms with van der Waals surface area (Å²) in [5.41, 5.74) is 6.46. The Labute approximate surface area is 143 Å². The van der Waals surface area contributed by atoms with Crippen LogP contribution in [-0.4, -0.2) is 5.78 Å². The highest BCUT2D eigenvalue weighted by Crippen LogP contribution is 2.20. The van der Waals surface area contributed by atoms with Crippen LogP contribution in [0, 0.1) is 13.8 Å². The summed E-state index contributed by atoms with van der Waals surface area (Å²) in [5, 5.41) is 0. The highest BCUT2D eigenvalue weighted by Gasteiger charge is 2.03. The number of hydrogen-bond donors (Lipinski definition) is 0. The number of carbonyl (C=O) groups excluding carboxylic acids is 1. The van der Waals surface area contributed by atoms with E-state index in [0.717, 1.165) is 16.7 Å². The zero-order valence-electron chi connectivity index (χ0n) is 14.0. The number of hydrogen-bond acceptors (Lipinski definition) is 1. The van der Waals surface area contributed by atoms with Crippen molar-refractivity contribution in [2.75, 3.05) is 0 Å². The Kier molecular flexibility index (Phi) is 4.72. The lowest BCUT2D eigenvalue weighted by Crippen LogP contribution is -1.95. The maximum absolute atomic E-state index is 12.3. The van der Waals surface area contributed by atoms with Crippen LogP contribution in [-0.2, 0) is 0 Å². The molecule has 0 radical (unpaired) electrons. The standard InChI is InChI=1S/C23H20O/c1-17-8-12-22(16-18(17)2)23(24)15-11-19-9-13-21(14-10-19)20-6-4-3-5-7-20/h3-16H,1-2H3/b15-11+. The molecule has 0 unspecified atom stereocenters. The fourth-order valence-electron chi connectivity index (χ4n) is 2.58. The van der Waals surface area contributed by atoms with Gasteiger partial charge in [-0.25, -0.2) is 0 Å². The summed E-state index contributed by atoms with van der Waals surface area (Å²) < 4.78 is 0. The van der Waals surface area contributed by atoms with Gasteiger partial charge >= 0.3 is 0 Å². The van der Waals surface area contributed by atoms with Gasteiger partial charge < -0.3 is 0 Å². The normalized spacial score (nSPS) is 10.9. The van der Waals surface area contributed by atoms with Crippen LogP contribution < -0.4 is 0 Å². The molecule has 0 aliphatic carbocycles. The molecule has 3 rings (SSSR count). The quantitative estimate of drug-likeness (QED) is 0.435. The highest BCUT2D eigenvalue weighted by atomic mass is 16.1. The highest BCUT2D eigenvalue weighted by molar-refractivity contribution is 6.07. The van der Waals surface area contributed by atoms with Gasteiger partial charge in [0, 0.05) is 5.56 Å². The molecule has 0 bridgehead atoms. The topological polar surface area (TPSA) is 17.1 Å². The average molecular weight is 312 g/mol. The van der Waals surface area contributed by atoms with Crippen molar-refractivity contribution in [2.24, 2.45) is 0 Å². The molecule has 0 spiro atoms. The minimum atomic E-state index is 0.0326. The van der Waals surface area contributed by atoms with E-state index in [1.165, 1.54) is 16.7 Å². The lowest BCUT2D eigenvalue weighted by Gasteiger charge is -2.03. The van der Waals surface area contributed by atoms with E-state index in [4.69, 9.17) is 0 Å². The number of aryl methyl sites for hydroxylation is 2. The molecule has 0 aromatic heterocycles. The Balaban J connectivity index is 1.74. The molecule has 0 saturated heterocycles. The predicted octanol–water partition coefficient (Wildman–Crippen LogP) is 5.87. The van der Waals surface area contributed by atoms with Crippen molar-refractivity contribution >= 4 is 11.9 Å². The van der Waals surface area contributed by atoms with Gasteiger partial charge in [-0.3, -0.25) is 4.79 Å². The van der Waals surface area contributed by atoms with E-state index in [2.05, 4.69) is 24.3 Å². The van der Waals surface area contributed by atoms with E-state index in [1.54, 1.807) is 6.08 Å². The molecule has 1 heteroatoms. The van der Waals surface area contributed by atoms with Gasteiger partial charge in [-0.15, -0.1) is 0 Å². The predicted molar refractivity (Wildman–Crippen MR) is 101 cm³/mol. The lowest BCUT2D eigenvalue weighted by molar-refractivity contribution is 0.104. The second-order valence-electron chi connectivity index (χ2n) is 5.98. The first-order valence-electron chi connectivity index (χ1n) is 8.08. The first kappa shape index (κ1) is 15.9. The third kappa shape index (κ3) is 3.69. The second-order valence-corrected chi connectivity index (χ2v) is 5.98. The molecule has 0 fully saturated rings. The molecular weight excluding hydrogens is 292 g/mol. The molecule has 118 valence electrons. The summed E-state index contributed by atoms with van der Waals surface area (Å²) in [7, 11) is 0. The van der Waals surface area contributed by atoms with Crippen molar-refractivity contribution in [1.29, 1.82) is 0 Å². The van der Waals surface area contributed by atoms with Crippen molar-refractivity contribution in [2.45, 2.75) is 13.8 Å². The minimum Gasteiger partial charge on any atom is -0.289 e. The van der Waals surface area contributed by atoms with Gasteiger partial charge in [0.1, 0.15) is 0 Å². The SMILES string of the molecule is Cc1ccc(C(=O)/C=C/c2ccc(-c3ccccc3)cc2)cc1C. The van der Waals surface area contributed by atoms with E-state index in [9.17, 15) is 4.79 Å². The van der Waals surface area contributed by atoms with Crippen molar-refractivity contribution in [3.05, 3.63) is 101 Å². The molecule has 0 atom stereocenters. The van der Waals surface area contributed by atoms with Crippen LogP contribution in [0.2, 0.25) is 0 Å². The molecule has 1 nitrogen and oxygen atoms in total. The Morgan fingerprint density at radius 3 is 2.08 bits per heavy atom. The van der Waals surface area contributed by atoms with Gasteiger partial charge in [0.15, 0.2) is 5.78 Å². The van der Waals surface area contributed by atoms with Crippen LogP contribution in [0.5, 0.6) is 0 Å². The summed E-state index contributed by atoms with van der Waals surface area (Å²) in [6.45, 7) is 4.08. The van der Waals surface area contributed by atoms with Crippen LogP contribution in [0.4, 0.5) is 0 Å². The fraction of sp³-hybridized carbons (Fsp3) is 0.0870. The number of ketones is 1. The molecule has 0 heterocycles. The molecule has 3 aromatic rings. The monoisotopic (exact) mass is 312 g/mol. The molecule has 24 heavy (non-hydrogen) atoms. The van der Waals surface area contributed by atoms with Crippen molar-refractivity contribution in [3.63, 3.8) is 0 Å². The van der Waals surface area contributed by atoms with E-state index < -0.39 is 0 Å². The number of benzene rings is 3. The summed E-state index contributed by atoms with van der Waals surface area (Å²) in [6.07, 6.45) is 3.51. The molecule has 0 N–H and O–H groups in total. The third-order valence-electron chi connectivity index (χ3n) is 4.24. The smallest absolute Gasteiger partial charge is 0.185 e. The van der Waals surface area contributed by atoms with Gasteiger partial charge in [0.25, 0.3) is 0 Å². The maximum atomic E-state index is 12.3. The Morgan fingerprint density at radius 2 is 1.42 bits per heavy atom. The summed E-state index contributed by atoms with van der Waals surface area (Å²) in [6, 6.07) is 24.3. The number of carbonyl (C=O) groups is 1. The zero-order valence-corrected chi connectivity index (χ0v) is 14.0. The summed E-state index contributed by atoms with van der Waals surface area (Å²) in [5.74, 6) is 0.0326. The average Bonchev–Trinajstić information content (AvgIpc) is 2.63. The fourth-order valence-corrected chi connectivity index (χ4v) is 2.58. The second kappa shape index (κ2) is 7.10. The van der Waals surface area contributed by atoms with Gasteiger partial charge in [-0.05, 0) is 53.8 Å². The minimum absolute atomic E-state index is 0.0326. The van der Waals surface area contributed by atoms with E-state index in [-0.39, 0.29) is 5.78 Å². The number of allylic oxidation sites excluding steroid dienone is 1. The van der Waals surface area contributed by atoms with E-state index in [1.807, 2.05) is 68.5 Å². The molecule has 0 amide bonds. The summed E-state index contributed by atoms with van der Waals surface area (Å²) >= 11 is 0. The van der Waals surface area contributed by atoms with Gasteiger partial charge in [0.05, 0.1) is 0 Å².